The molecule has 1 aliphatic rings. The maximum Gasteiger partial charge on any atom is 0.239 e. The largest absolute Gasteiger partial charge is 0.381 e. The van der Waals surface area contributed by atoms with Gasteiger partial charge in [-0.3, -0.25) is 5.43 Å². The van der Waals surface area contributed by atoms with Crippen LogP contribution in [0, 0.1) is 12.3 Å². The number of ether oxygens (including phenoxy) is 1. The third-order valence-electron chi connectivity index (χ3n) is 3.77. The van der Waals surface area contributed by atoms with Crippen LogP contribution in [0.3, 0.4) is 0 Å². The van der Waals surface area contributed by atoms with Gasteiger partial charge in [-0.2, -0.15) is 4.98 Å². The van der Waals surface area contributed by atoms with Crippen molar-refractivity contribution in [2.45, 2.75) is 39.3 Å². The van der Waals surface area contributed by atoms with E-state index in [2.05, 4.69) is 34.6 Å². The summed E-state index contributed by atoms with van der Waals surface area (Å²) in [5, 5.41) is 3.42. The third-order valence-corrected chi connectivity index (χ3v) is 3.77. The van der Waals surface area contributed by atoms with E-state index in [1.54, 1.807) is 7.11 Å². The van der Waals surface area contributed by atoms with Gasteiger partial charge in [-0.25, -0.2) is 10.8 Å². The fourth-order valence-corrected chi connectivity index (χ4v) is 2.42. The molecule has 18 heavy (non-hydrogen) atoms. The molecule has 0 spiro atoms. The van der Waals surface area contributed by atoms with E-state index in [0.29, 0.717) is 18.1 Å². The standard InChI is InChI=1S/C12H21N5O/c1-7-5-10(16-11(14-7)17-13)15-8-6-9(18-4)12(8,2)3/h5,8-9H,6,13H2,1-4H3,(H2,14,15,16,17). The Balaban J connectivity index is 2.09. The Bertz CT molecular complexity index is 434. The van der Waals surface area contributed by atoms with Crippen LogP contribution in [-0.4, -0.2) is 29.2 Å². The number of aromatic nitrogens is 2. The first-order valence-electron chi connectivity index (χ1n) is 6.09. The predicted octanol–water partition coefficient (Wildman–Crippen LogP) is 1.30. The number of nitrogens with two attached hydrogens (primary N) is 1. The van der Waals surface area contributed by atoms with Crippen LogP contribution in [0.1, 0.15) is 26.0 Å². The van der Waals surface area contributed by atoms with Gasteiger partial charge < -0.3 is 10.1 Å². The van der Waals surface area contributed by atoms with Crippen LogP contribution < -0.4 is 16.6 Å². The molecule has 0 amide bonds. The first kappa shape index (κ1) is 13.0. The van der Waals surface area contributed by atoms with E-state index in [-0.39, 0.29) is 5.41 Å². The molecule has 0 bridgehead atoms. The molecule has 1 saturated carbocycles. The molecule has 1 aromatic heterocycles. The van der Waals surface area contributed by atoms with Gasteiger partial charge in [-0.15, -0.1) is 0 Å². The van der Waals surface area contributed by atoms with Gasteiger partial charge in [-0.05, 0) is 13.3 Å². The lowest BCUT2D eigenvalue weighted by Gasteiger charge is -2.51. The summed E-state index contributed by atoms with van der Waals surface area (Å²) in [5.41, 5.74) is 3.45. The van der Waals surface area contributed by atoms with Gasteiger partial charge in [0, 0.05) is 30.3 Å². The molecule has 0 aromatic carbocycles. The minimum atomic E-state index is 0.101. The summed E-state index contributed by atoms with van der Waals surface area (Å²) in [6.45, 7) is 6.30. The van der Waals surface area contributed by atoms with E-state index in [1.165, 1.54) is 0 Å². The number of hydrazine groups is 1. The molecular weight excluding hydrogens is 230 g/mol. The van der Waals surface area contributed by atoms with Crippen molar-refractivity contribution in [3.8, 4) is 0 Å². The maximum absolute atomic E-state index is 5.43. The van der Waals surface area contributed by atoms with Crippen molar-refractivity contribution in [3.05, 3.63) is 11.8 Å². The molecule has 2 atom stereocenters. The Morgan fingerprint density at radius 3 is 2.72 bits per heavy atom. The van der Waals surface area contributed by atoms with Crippen LogP contribution in [0.4, 0.5) is 11.8 Å². The highest BCUT2D eigenvalue weighted by Crippen LogP contribution is 2.43. The van der Waals surface area contributed by atoms with Crippen LogP contribution in [0.2, 0.25) is 0 Å². The summed E-state index contributed by atoms with van der Waals surface area (Å²) in [6, 6.07) is 2.26. The Hall–Kier alpha value is -1.40. The number of nitrogens with zero attached hydrogens (tertiary/aromatic N) is 2. The zero-order chi connectivity index (χ0) is 13.3. The molecule has 2 unspecified atom stereocenters. The van der Waals surface area contributed by atoms with E-state index < -0.39 is 0 Å². The quantitative estimate of drug-likeness (QED) is 0.552. The molecule has 4 N–H and O–H groups in total. The fourth-order valence-electron chi connectivity index (χ4n) is 2.42. The summed E-state index contributed by atoms with van der Waals surface area (Å²) < 4.78 is 5.43. The fraction of sp³-hybridized carbons (Fsp3) is 0.667. The SMILES string of the molecule is COC1CC(Nc2cc(C)nc(NN)n2)C1(C)C. The van der Waals surface area contributed by atoms with Crippen LogP contribution in [-0.2, 0) is 4.74 Å². The first-order valence-corrected chi connectivity index (χ1v) is 6.09. The number of rotatable bonds is 4. The number of nitrogen functional groups attached to an aromatic ring is 1. The van der Waals surface area contributed by atoms with Crippen LogP contribution in [0.25, 0.3) is 0 Å². The molecule has 0 saturated heterocycles. The van der Waals surface area contributed by atoms with Crippen molar-refractivity contribution in [1.29, 1.82) is 0 Å². The average molecular weight is 251 g/mol. The minimum absolute atomic E-state index is 0.101. The highest BCUT2D eigenvalue weighted by Gasteiger charge is 2.48. The van der Waals surface area contributed by atoms with Gasteiger partial charge in [0.25, 0.3) is 0 Å². The Morgan fingerprint density at radius 1 is 1.44 bits per heavy atom. The van der Waals surface area contributed by atoms with Crippen molar-refractivity contribution in [3.63, 3.8) is 0 Å². The minimum Gasteiger partial charge on any atom is -0.381 e. The van der Waals surface area contributed by atoms with E-state index in [0.717, 1.165) is 17.9 Å². The Kier molecular flexibility index (Phi) is 3.41. The average Bonchev–Trinajstić information content (AvgIpc) is 2.33. The Morgan fingerprint density at radius 2 is 2.17 bits per heavy atom. The summed E-state index contributed by atoms with van der Waals surface area (Å²) in [7, 11) is 1.76. The summed E-state index contributed by atoms with van der Waals surface area (Å²) >= 11 is 0. The number of methoxy groups -OCH3 is 1. The first-order chi connectivity index (χ1) is 8.47. The molecule has 1 heterocycles. The highest BCUT2D eigenvalue weighted by molar-refractivity contribution is 5.43. The molecule has 0 aliphatic heterocycles. The zero-order valence-corrected chi connectivity index (χ0v) is 11.3. The number of aryl methyl sites for hydroxylation is 1. The molecule has 2 rings (SSSR count). The molecular formula is C12H21N5O. The second-order valence-electron chi connectivity index (χ2n) is 5.34. The van der Waals surface area contributed by atoms with Gasteiger partial charge in [0.2, 0.25) is 5.95 Å². The van der Waals surface area contributed by atoms with Gasteiger partial charge in [0.1, 0.15) is 5.82 Å². The van der Waals surface area contributed by atoms with E-state index in [1.807, 2.05) is 13.0 Å². The molecule has 6 heteroatoms. The van der Waals surface area contributed by atoms with Gasteiger partial charge in [0.05, 0.1) is 6.10 Å². The van der Waals surface area contributed by atoms with Gasteiger partial charge in [0.15, 0.2) is 0 Å². The normalized spacial score (nSPS) is 25.4. The second kappa shape index (κ2) is 4.70. The van der Waals surface area contributed by atoms with Crippen molar-refractivity contribution < 1.29 is 4.74 Å². The summed E-state index contributed by atoms with van der Waals surface area (Å²) in [6.07, 6.45) is 1.28. The van der Waals surface area contributed by atoms with Gasteiger partial charge >= 0.3 is 0 Å². The Labute approximate surface area is 107 Å². The molecule has 1 aromatic rings. The molecule has 1 aliphatic carbocycles. The molecule has 6 nitrogen and oxygen atoms in total. The topological polar surface area (TPSA) is 85.1 Å². The lowest BCUT2D eigenvalue weighted by atomic mass is 9.64. The third kappa shape index (κ3) is 2.26. The summed E-state index contributed by atoms with van der Waals surface area (Å²) in [5.74, 6) is 6.56. The molecule has 0 radical (unpaired) electrons. The van der Waals surface area contributed by atoms with Crippen molar-refractivity contribution in [1.82, 2.24) is 9.97 Å². The van der Waals surface area contributed by atoms with E-state index in [4.69, 9.17) is 10.6 Å². The zero-order valence-electron chi connectivity index (χ0n) is 11.3. The lowest BCUT2D eigenvalue weighted by Crippen LogP contribution is -2.57. The number of hydrogen-bond acceptors (Lipinski definition) is 6. The number of nitrogens with one attached hydrogen (secondary N) is 2. The predicted molar refractivity (Wildman–Crippen MR) is 71.2 cm³/mol. The summed E-state index contributed by atoms with van der Waals surface area (Å²) in [4.78, 5) is 8.45. The van der Waals surface area contributed by atoms with Crippen LogP contribution in [0.5, 0.6) is 0 Å². The maximum atomic E-state index is 5.43. The number of anilines is 2. The monoisotopic (exact) mass is 251 g/mol. The van der Waals surface area contributed by atoms with Crippen LogP contribution in [0.15, 0.2) is 6.07 Å². The second-order valence-corrected chi connectivity index (χ2v) is 5.34. The van der Waals surface area contributed by atoms with Crippen molar-refractivity contribution in [2.75, 3.05) is 17.9 Å². The van der Waals surface area contributed by atoms with Crippen molar-refractivity contribution in [2.24, 2.45) is 11.3 Å². The van der Waals surface area contributed by atoms with Gasteiger partial charge in [-0.1, -0.05) is 13.8 Å². The smallest absolute Gasteiger partial charge is 0.239 e. The number of hydrogen-bond donors (Lipinski definition) is 3. The van der Waals surface area contributed by atoms with Crippen molar-refractivity contribution >= 4 is 11.8 Å². The highest BCUT2D eigenvalue weighted by atomic mass is 16.5. The van der Waals surface area contributed by atoms with E-state index in [9.17, 15) is 0 Å². The lowest BCUT2D eigenvalue weighted by molar-refractivity contribution is -0.0795. The molecule has 100 valence electrons. The molecule has 1 fully saturated rings. The van der Waals surface area contributed by atoms with E-state index >= 15 is 0 Å². The van der Waals surface area contributed by atoms with Crippen LogP contribution >= 0.6 is 0 Å².